The summed E-state index contributed by atoms with van der Waals surface area (Å²) in [5, 5.41) is 0.473. The minimum Gasteiger partial charge on any atom is -0.490 e. The number of sulfone groups is 1. The van der Waals surface area contributed by atoms with Crippen LogP contribution in [0.1, 0.15) is 12.5 Å². The largest absolute Gasteiger partial charge is 0.490 e. The Balaban J connectivity index is 2.01. The second-order valence-corrected chi connectivity index (χ2v) is 8.65. The second kappa shape index (κ2) is 10.0. The van der Waals surface area contributed by atoms with Gasteiger partial charge in [0.05, 0.1) is 17.3 Å². The van der Waals surface area contributed by atoms with Gasteiger partial charge in [0.15, 0.2) is 21.3 Å². The molecule has 0 radical (unpaired) electrons. The van der Waals surface area contributed by atoms with E-state index in [1.165, 1.54) is 30.3 Å². The van der Waals surface area contributed by atoms with E-state index >= 15 is 0 Å². The first kappa shape index (κ1) is 22.4. The first-order chi connectivity index (χ1) is 13.2. The van der Waals surface area contributed by atoms with Gasteiger partial charge in [0.2, 0.25) is 0 Å². The van der Waals surface area contributed by atoms with Crippen molar-refractivity contribution in [3.8, 4) is 11.5 Å². The lowest BCUT2D eigenvalue weighted by atomic mass is 10.2. The maximum Gasteiger partial charge on any atom is 0.387 e. The Hall–Kier alpha value is -1.90. The summed E-state index contributed by atoms with van der Waals surface area (Å²) in [6, 6.07) is 10.7. The van der Waals surface area contributed by atoms with E-state index < -0.39 is 16.4 Å². The molecule has 0 N–H and O–H groups in total. The lowest BCUT2D eigenvalue weighted by molar-refractivity contribution is -0.0514. The Morgan fingerprint density at radius 3 is 2.39 bits per heavy atom. The maximum absolute atomic E-state index is 12.5. The molecule has 9 heteroatoms. The van der Waals surface area contributed by atoms with E-state index in [2.05, 4.69) is 4.74 Å². The smallest absolute Gasteiger partial charge is 0.387 e. The third-order valence-electron chi connectivity index (χ3n) is 3.89. The molecule has 0 bridgehead atoms. The van der Waals surface area contributed by atoms with Gasteiger partial charge in [0, 0.05) is 18.1 Å². The highest BCUT2D eigenvalue weighted by Crippen LogP contribution is 2.30. The summed E-state index contributed by atoms with van der Waals surface area (Å²) in [4.78, 5) is 2.05. The monoisotopic (exact) mass is 433 g/mol. The highest BCUT2D eigenvalue weighted by Gasteiger charge is 2.16. The average Bonchev–Trinajstić information content (AvgIpc) is 2.62. The van der Waals surface area contributed by atoms with Gasteiger partial charge in [-0.2, -0.15) is 8.78 Å². The van der Waals surface area contributed by atoms with Crippen molar-refractivity contribution in [3.63, 3.8) is 0 Å². The van der Waals surface area contributed by atoms with Crippen LogP contribution in [0.5, 0.6) is 11.5 Å². The van der Waals surface area contributed by atoms with Crippen LogP contribution >= 0.6 is 11.6 Å². The Kier molecular flexibility index (Phi) is 8.03. The predicted octanol–water partition coefficient (Wildman–Crippen LogP) is 4.25. The molecule has 2 rings (SSSR count). The highest BCUT2D eigenvalue weighted by atomic mass is 35.5. The van der Waals surface area contributed by atoms with Crippen molar-refractivity contribution in [2.75, 3.05) is 26.0 Å². The number of hydrogen-bond donors (Lipinski definition) is 0. The van der Waals surface area contributed by atoms with Gasteiger partial charge in [-0.1, -0.05) is 17.7 Å². The van der Waals surface area contributed by atoms with Crippen LogP contribution in [0.4, 0.5) is 8.78 Å². The summed E-state index contributed by atoms with van der Waals surface area (Å²) in [5.41, 5.74) is 0.788. The molecule has 0 spiro atoms. The average molecular weight is 434 g/mol. The molecule has 0 saturated heterocycles. The number of nitrogens with zero attached hydrogens (tertiary/aromatic N) is 1. The van der Waals surface area contributed by atoms with Crippen molar-refractivity contribution in [2.45, 2.75) is 25.0 Å². The molecule has 0 aliphatic heterocycles. The van der Waals surface area contributed by atoms with Crippen LogP contribution in [0.2, 0.25) is 5.02 Å². The second-order valence-electron chi connectivity index (χ2n) is 6.10. The van der Waals surface area contributed by atoms with E-state index in [0.29, 0.717) is 24.7 Å². The number of alkyl halides is 2. The van der Waals surface area contributed by atoms with Crippen LogP contribution in [0.15, 0.2) is 47.4 Å². The highest BCUT2D eigenvalue weighted by molar-refractivity contribution is 7.91. The summed E-state index contributed by atoms with van der Waals surface area (Å²) in [7, 11) is -1.65. The fourth-order valence-electron chi connectivity index (χ4n) is 2.54. The lowest BCUT2D eigenvalue weighted by Crippen LogP contribution is -2.25. The summed E-state index contributed by atoms with van der Waals surface area (Å²) >= 11 is 5.79. The standard InChI is InChI=1S/C19H22ClF2NO4S/c1-3-26-18-12-14(4-9-17(18)27-19(21)22)13-23(2)10-11-28(24,25)16-7-5-15(20)6-8-16/h4-9,12,19H,3,10-11,13H2,1-2H3. The van der Waals surface area contributed by atoms with Crippen molar-refractivity contribution in [3.05, 3.63) is 53.1 Å². The quantitative estimate of drug-likeness (QED) is 0.560. The molecule has 0 atom stereocenters. The van der Waals surface area contributed by atoms with Crippen LogP contribution in [0, 0.1) is 0 Å². The molecular formula is C19H22ClF2NO4S. The Bertz CT molecular complexity index is 876. The zero-order chi connectivity index (χ0) is 20.7. The van der Waals surface area contributed by atoms with Gasteiger partial charge in [-0.05, 0) is 55.9 Å². The predicted molar refractivity (Wildman–Crippen MR) is 104 cm³/mol. The van der Waals surface area contributed by atoms with Crippen LogP contribution in [-0.4, -0.2) is 45.9 Å². The molecule has 154 valence electrons. The van der Waals surface area contributed by atoms with Gasteiger partial charge in [0.1, 0.15) is 0 Å². The molecule has 0 unspecified atom stereocenters. The minimum absolute atomic E-state index is 0.0337. The first-order valence-corrected chi connectivity index (χ1v) is 10.6. The molecule has 0 aliphatic carbocycles. The fraction of sp³-hybridized carbons (Fsp3) is 0.368. The molecule has 2 aromatic rings. The van der Waals surface area contributed by atoms with Crippen molar-refractivity contribution in [1.29, 1.82) is 0 Å². The number of rotatable bonds is 10. The SMILES string of the molecule is CCOc1cc(CN(C)CCS(=O)(=O)c2ccc(Cl)cc2)ccc1OC(F)F. The summed E-state index contributed by atoms with van der Waals surface area (Å²) in [5.74, 6) is 0.131. The molecule has 0 saturated carbocycles. The molecule has 28 heavy (non-hydrogen) atoms. The van der Waals surface area contributed by atoms with Crippen molar-refractivity contribution in [1.82, 2.24) is 4.90 Å². The molecule has 5 nitrogen and oxygen atoms in total. The zero-order valence-electron chi connectivity index (χ0n) is 15.6. The molecule has 0 fully saturated rings. The summed E-state index contributed by atoms with van der Waals surface area (Å²) in [6.07, 6.45) is 0. The number of benzene rings is 2. The van der Waals surface area contributed by atoms with E-state index in [-0.39, 0.29) is 22.1 Å². The zero-order valence-corrected chi connectivity index (χ0v) is 17.1. The molecule has 0 amide bonds. The number of hydrogen-bond acceptors (Lipinski definition) is 5. The van der Waals surface area contributed by atoms with E-state index in [9.17, 15) is 17.2 Å². The molecule has 0 aliphatic rings. The van der Waals surface area contributed by atoms with E-state index in [1.54, 1.807) is 26.1 Å². The first-order valence-electron chi connectivity index (χ1n) is 8.58. The molecule has 0 heterocycles. The van der Waals surface area contributed by atoms with Crippen LogP contribution < -0.4 is 9.47 Å². The third-order valence-corrected chi connectivity index (χ3v) is 5.85. The van der Waals surface area contributed by atoms with Crippen LogP contribution in [0.25, 0.3) is 0 Å². The van der Waals surface area contributed by atoms with Gasteiger partial charge in [-0.25, -0.2) is 8.42 Å². The number of ether oxygens (including phenoxy) is 2. The van der Waals surface area contributed by atoms with Crippen LogP contribution in [-0.2, 0) is 16.4 Å². The summed E-state index contributed by atoms with van der Waals surface area (Å²) in [6.45, 7) is -0.175. The third kappa shape index (κ3) is 6.61. The van der Waals surface area contributed by atoms with Gasteiger partial charge in [-0.3, -0.25) is 0 Å². The van der Waals surface area contributed by atoms with E-state index in [4.69, 9.17) is 16.3 Å². The van der Waals surface area contributed by atoms with Gasteiger partial charge < -0.3 is 14.4 Å². The van der Waals surface area contributed by atoms with Crippen molar-refractivity contribution in [2.24, 2.45) is 0 Å². The van der Waals surface area contributed by atoms with Gasteiger partial charge in [-0.15, -0.1) is 0 Å². The maximum atomic E-state index is 12.5. The Morgan fingerprint density at radius 1 is 1.11 bits per heavy atom. The lowest BCUT2D eigenvalue weighted by Gasteiger charge is -2.18. The van der Waals surface area contributed by atoms with Crippen molar-refractivity contribution < 1.29 is 26.7 Å². The Labute approximate surface area is 168 Å². The molecular weight excluding hydrogens is 412 g/mol. The van der Waals surface area contributed by atoms with Crippen molar-refractivity contribution >= 4 is 21.4 Å². The van der Waals surface area contributed by atoms with E-state index in [0.717, 1.165) is 5.56 Å². The molecule has 0 aromatic heterocycles. The van der Waals surface area contributed by atoms with Crippen LogP contribution in [0.3, 0.4) is 0 Å². The summed E-state index contributed by atoms with van der Waals surface area (Å²) < 4.78 is 59.6. The minimum atomic E-state index is -3.43. The fourth-order valence-corrected chi connectivity index (χ4v) is 4.00. The van der Waals surface area contributed by atoms with E-state index in [1.807, 2.05) is 4.90 Å². The molecule has 2 aromatic carbocycles. The van der Waals surface area contributed by atoms with Gasteiger partial charge in [0.25, 0.3) is 0 Å². The Morgan fingerprint density at radius 2 is 1.79 bits per heavy atom. The number of halogens is 3. The normalized spacial score (nSPS) is 11.8. The topological polar surface area (TPSA) is 55.8 Å². The van der Waals surface area contributed by atoms with Gasteiger partial charge >= 0.3 is 6.61 Å².